The molecule has 0 saturated carbocycles. The van der Waals surface area contributed by atoms with Crippen molar-refractivity contribution in [1.29, 1.82) is 0 Å². The Morgan fingerprint density at radius 2 is 1.91 bits per heavy atom. The molecule has 3 aromatic rings. The molecule has 170 valence electrons. The van der Waals surface area contributed by atoms with Crippen molar-refractivity contribution >= 4 is 49.0 Å². The van der Waals surface area contributed by atoms with E-state index in [9.17, 15) is 4.79 Å². The second-order valence-corrected chi connectivity index (χ2v) is 9.52. The zero-order valence-corrected chi connectivity index (χ0v) is 22.0. The predicted molar refractivity (Wildman–Crippen MR) is 136 cm³/mol. The minimum atomic E-state index is -0.211. The monoisotopic (exact) mass is 563 g/mol. The summed E-state index contributed by atoms with van der Waals surface area (Å²) in [5, 5.41) is 5.02. The topological polar surface area (TPSA) is 65.7 Å². The van der Waals surface area contributed by atoms with E-state index in [1.165, 1.54) is 4.68 Å². The van der Waals surface area contributed by atoms with Crippen molar-refractivity contribution in [3.63, 3.8) is 0 Å². The van der Waals surface area contributed by atoms with Gasteiger partial charge in [-0.25, -0.2) is 4.98 Å². The summed E-state index contributed by atoms with van der Waals surface area (Å²) in [6, 6.07) is 9.24. The first kappa shape index (κ1) is 24.5. The third-order valence-electron chi connectivity index (χ3n) is 4.90. The van der Waals surface area contributed by atoms with Crippen molar-refractivity contribution in [2.45, 2.75) is 53.1 Å². The largest absolute Gasteiger partial charge is 0.490 e. The van der Waals surface area contributed by atoms with Gasteiger partial charge < -0.3 is 9.47 Å². The third kappa shape index (κ3) is 5.41. The first-order chi connectivity index (χ1) is 15.2. The highest BCUT2D eigenvalue weighted by Gasteiger charge is 2.16. The molecule has 32 heavy (non-hydrogen) atoms. The molecule has 1 heterocycles. The molecule has 2 aromatic carbocycles. The zero-order chi connectivity index (χ0) is 23.4. The predicted octanol–water partition coefficient (Wildman–Crippen LogP) is 6.50. The fourth-order valence-electron chi connectivity index (χ4n) is 3.10. The van der Waals surface area contributed by atoms with Crippen LogP contribution in [0.15, 0.2) is 49.2 Å². The van der Waals surface area contributed by atoms with Gasteiger partial charge in [0.1, 0.15) is 5.82 Å². The van der Waals surface area contributed by atoms with Gasteiger partial charge in [-0.3, -0.25) is 4.79 Å². The van der Waals surface area contributed by atoms with E-state index in [2.05, 4.69) is 48.9 Å². The summed E-state index contributed by atoms with van der Waals surface area (Å²) in [6.07, 6.45) is 2.58. The lowest BCUT2D eigenvalue weighted by atomic mass is 10.2. The van der Waals surface area contributed by atoms with E-state index in [1.54, 1.807) is 12.3 Å². The van der Waals surface area contributed by atoms with Crippen LogP contribution in [0.4, 0.5) is 0 Å². The average Bonchev–Trinajstić information content (AvgIpc) is 2.75. The molecule has 0 aliphatic heterocycles. The van der Waals surface area contributed by atoms with Crippen molar-refractivity contribution in [3.05, 3.63) is 61.0 Å². The van der Waals surface area contributed by atoms with Gasteiger partial charge in [0.2, 0.25) is 0 Å². The van der Waals surface area contributed by atoms with Crippen LogP contribution in [0.3, 0.4) is 0 Å². The van der Waals surface area contributed by atoms with E-state index in [4.69, 9.17) is 9.47 Å². The highest BCUT2D eigenvalue weighted by atomic mass is 79.9. The Balaban J connectivity index is 2.09. The zero-order valence-electron chi connectivity index (χ0n) is 18.9. The van der Waals surface area contributed by atoms with Gasteiger partial charge in [-0.15, -0.1) is 0 Å². The highest BCUT2D eigenvalue weighted by Crippen LogP contribution is 2.37. The number of benzene rings is 2. The second-order valence-electron chi connectivity index (χ2n) is 7.75. The number of ether oxygens (including phenoxy) is 2. The number of nitrogens with zero attached hydrogens (tertiary/aromatic N) is 3. The van der Waals surface area contributed by atoms with Crippen LogP contribution in [0.25, 0.3) is 10.9 Å². The summed E-state index contributed by atoms with van der Waals surface area (Å²) in [7, 11) is 0. The van der Waals surface area contributed by atoms with E-state index in [1.807, 2.05) is 52.0 Å². The Morgan fingerprint density at radius 3 is 2.56 bits per heavy atom. The van der Waals surface area contributed by atoms with Gasteiger partial charge in [-0.05, 0) is 72.1 Å². The lowest BCUT2D eigenvalue weighted by Gasteiger charge is -2.18. The average molecular weight is 565 g/mol. The van der Waals surface area contributed by atoms with Crippen molar-refractivity contribution in [1.82, 2.24) is 9.66 Å². The molecule has 0 unspecified atom stereocenters. The summed E-state index contributed by atoms with van der Waals surface area (Å²) in [6.45, 7) is 10.5. The van der Waals surface area contributed by atoms with Gasteiger partial charge in [-0.1, -0.05) is 36.7 Å². The standard InChI is InChI=1S/C24H27Br2N3O3/c1-6-15(5)32-22-19(26)10-16(11-21(22)31-7-2)13-27-29-23(14(3)4)28-20-9-8-17(25)12-18(20)24(29)30/h8-15H,6-7H2,1-5H3/t15-/m1/s1. The fraction of sp³-hybridized carbons (Fsp3) is 0.375. The van der Waals surface area contributed by atoms with Gasteiger partial charge in [0.25, 0.3) is 5.56 Å². The number of hydrogen-bond donors (Lipinski definition) is 0. The maximum Gasteiger partial charge on any atom is 0.282 e. The van der Waals surface area contributed by atoms with Gasteiger partial charge in [0.05, 0.1) is 34.3 Å². The first-order valence-corrected chi connectivity index (χ1v) is 12.2. The molecule has 0 fully saturated rings. The number of aromatic nitrogens is 2. The van der Waals surface area contributed by atoms with Crippen molar-refractivity contribution in [3.8, 4) is 11.5 Å². The van der Waals surface area contributed by atoms with Crippen LogP contribution in [-0.2, 0) is 0 Å². The van der Waals surface area contributed by atoms with Gasteiger partial charge >= 0.3 is 0 Å². The van der Waals surface area contributed by atoms with Crippen LogP contribution < -0.4 is 15.0 Å². The van der Waals surface area contributed by atoms with Crippen molar-refractivity contribution in [2.75, 3.05) is 6.61 Å². The summed E-state index contributed by atoms with van der Waals surface area (Å²) < 4.78 is 14.8. The Morgan fingerprint density at radius 1 is 1.16 bits per heavy atom. The summed E-state index contributed by atoms with van der Waals surface area (Å²) in [5.74, 6) is 1.91. The molecular weight excluding hydrogens is 538 g/mol. The molecule has 6 nitrogen and oxygen atoms in total. The molecule has 3 rings (SSSR count). The normalized spacial score (nSPS) is 12.6. The lowest BCUT2D eigenvalue weighted by Crippen LogP contribution is -2.23. The van der Waals surface area contributed by atoms with Crippen LogP contribution in [0.2, 0.25) is 0 Å². The highest BCUT2D eigenvalue weighted by molar-refractivity contribution is 9.10. The number of rotatable bonds is 8. The molecule has 0 aliphatic carbocycles. The molecule has 0 N–H and O–H groups in total. The maximum absolute atomic E-state index is 13.2. The smallest absolute Gasteiger partial charge is 0.282 e. The summed E-state index contributed by atoms with van der Waals surface area (Å²) in [4.78, 5) is 17.9. The molecule has 1 atom stereocenters. The van der Waals surface area contributed by atoms with E-state index in [-0.39, 0.29) is 17.6 Å². The Hall–Kier alpha value is -2.19. The number of hydrogen-bond acceptors (Lipinski definition) is 5. The molecular formula is C24H27Br2N3O3. The van der Waals surface area contributed by atoms with Crippen LogP contribution in [0, 0.1) is 0 Å². The molecule has 0 radical (unpaired) electrons. The summed E-state index contributed by atoms with van der Waals surface area (Å²) >= 11 is 7.02. The van der Waals surface area contributed by atoms with E-state index < -0.39 is 0 Å². The van der Waals surface area contributed by atoms with Crippen LogP contribution >= 0.6 is 31.9 Å². The summed E-state index contributed by atoms with van der Waals surface area (Å²) in [5.41, 5.74) is 1.21. The van der Waals surface area contributed by atoms with Gasteiger partial charge in [0.15, 0.2) is 11.5 Å². The molecule has 0 aliphatic rings. The lowest BCUT2D eigenvalue weighted by molar-refractivity contribution is 0.202. The maximum atomic E-state index is 13.2. The minimum absolute atomic E-state index is 0.0185. The van der Waals surface area contributed by atoms with Crippen LogP contribution in [0.5, 0.6) is 11.5 Å². The Kier molecular flexibility index (Phi) is 8.11. The van der Waals surface area contributed by atoms with Crippen LogP contribution in [0.1, 0.15) is 58.3 Å². The number of fused-ring (bicyclic) bond motifs is 1. The Labute approximate surface area is 204 Å². The van der Waals surface area contributed by atoms with E-state index in [0.29, 0.717) is 34.8 Å². The Bertz CT molecular complexity index is 1210. The molecule has 0 saturated heterocycles. The molecule has 0 amide bonds. The molecule has 0 bridgehead atoms. The van der Waals surface area contributed by atoms with Crippen LogP contribution in [-0.4, -0.2) is 28.6 Å². The van der Waals surface area contributed by atoms with E-state index in [0.717, 1.165) is 20.9 Å². The first-order valence-electron chi connectivity index (χ1n) is 10.6. The van der Waals surface area contributed by atoms with Gasteiger partial charge in [0, 0.05) is 10.4 Å². The van der Waals surface area contributed by atoms with Crippen molar-refractivity contribution in [2.24, 2.45) is 5.10 Å². The minimum Gasteiger partial charge on any atom is -0.490 e. The molecule has 8 heteroatoms. The quantitative estimate of drug-likeness (QED) is 0.293. The van der Waals surface area contributed by atoms with E-state index >= 15 is 0 Å². The number of halogens is 2. The SMILES string of the molecule is CCOc1cc(C=Nn2c(C(C)C)nc3ccc(Br)cc3c2=O)cc(Br)c1O[C@H](C)CC. The third-order valence-corrected chi connectivity index (χ3v) is 5.98. The van der Waals surface area contributed by atoms with Gasteiger partial charge in [-0.2, -0.15) is 9.78 Å². The van der Waals surface area contributed by atoms with Crippen molar-refractivity contribution < 1.29 is 9.47 Å². The molecule has 1 aromatic heterocycles. The molecule has 0 spiro atoms. The second kappa shape index (κ2) is 10.6. The fourth-order valence-corrected chi connectivity index (χ4v) is 4.01.